The summed E-state index contributed by atoms with van der Waals surface area (Å²) < 4.78 is 10.4. The second-order valence-corrected chi connectivity index (χ2v) is 8.05. The first kappa shape index (κ1) is 18.5. The van der Waals surface area contributed by atoms with Gasteiger partial charge in [0.15, 0.2) is 12.3 Å². The molecule has 0 spiro atoms. The van der Waals surface area contributed by atoms with Crippen molar-refractivity contribution in [3.8, 4) is 22.0 Å². The quantitative estimate of drug-likeness (QED) is 0.395. The number of thiazole rings is 1. The summed E-state index contributed by atoms with van der Waals surface area (Å²) in [6, 6.07) is 9.97. The molecule has 0 N–H and O–H groups in total. The van der Waals surface area contributed by atoms with Crippen molar-refractivity contribution >= 4 is 28.6 Å². The Balaban J connectivity index is 1.38. The maximum Gasteiger partial charge on any atom is 0.358 e. The topological polar surface area (TPSA) is 78.1 Å². The predicted molar refractivity (Wildman–Crippen MR) is 108 cm³/mol. The second-order valence-electron chi connectivity index (χ2n) is 6.41. The zero-order valence-electron chi connectivity index (χ0n) is 15.3. The van der Waals surface area contributed by atoms with Crippen LogP contribution in [0.3, 0.4) is 0 Å². The van der Waals surface area contributed by atoms with Crippen LogP contribution in [-0.4, -0.2) is 21.1 Å². The monoisotopic (exact) mass is 411 g/mol. The molecule has 0 bridgehead atoms. The molecule has 8 heteroatoms. The molecule has 6 nitrogen and oxygen atoms in total. The average Bonchev–Trinajstić information content (AvgIpc) is 3.47. The van der Waals surface area contributed by atoms with Crippen molar-refractivity contribution in [1.82, 2.24) is 15.1 Å². The number of benzene rings is 1. The fourth-order valence-corrected chi connectivity index (χ4v) is 4.04. The van der Waals surface area contributed by atoms with Crippen LogP contribution < -0.4 is 0 Å². The maximum atomic E-state index is 12.2. The smallest absolute Gasteiger partial charge is 0.358 e. The molecule has 0 aliphatic rings. The molecule has 0 unspecified atom stereocenters. The summed E-state index contributed by atoms with van der Waals surface area (Å²) in [7, 11) is 0. The van der Waals surface area contributed by atoms with Gasteiger partial charge in [-0.1, -0.05) is 43.3 Å². The van der Waals surface area contributed by atoms with Gasteiger partial charge in [0.2, 0.25) is 5.82 Å². The predicted octanol–water partition coefficient (Wildman–Crippen LogP) is 5.40. The largest absolute Gasteiger partial charge is 0.451 e. The number of nitrogens with zero attached hydrogens (tertiary/aromatic N) is 3. The highest BCUT2D eigenvalue weighted by Crippen LogP contribution is 2.26. The Hall–Kier alpha value is -2.84. The van der Waals surface area contributed by atoms with Gasteiger partial charge in [0.1, 0.15) is 5.01 Å². The van der Waals surface area contributed by atoms with E-state index in [0.29, 0.717) is 11.7 Å². The number of esters is 1. The van der Waals surface area contributed by atoms with Crippen LogP contribution >= 0.6 is 22.7 Å². The molecule has 4 rings (SSSR count). The molecule has 0 atom stereocenters. The molecule has 28 heavy (non-hydrogen) atoms. The summed E-state index contributed by atoms with van der Waals surface area (Å²) in [4.78, 5) is 20.8. The lowest BCUT2D eigenvalue weighted by Gasteiger charge is -2.04. The Morgan fingerprint density at radius 3 is 2.64 bits per heavy atom. The van der Waals surface area contributed by atoms with Gasteiger partial charge in [-0.3, -0.25) is 0 Å². The van der Waals surface area contributed by atoms with E-state index in [1.807, 2.05) is 41.1 Å². The number of ether oxygens (including phenoxy) is 1. The van der Waals surface area contributed by atoms with Crippen molar-refractivity contribution in [1.29, 1.82) is 0 Å². The van der Waals surface area contributed by atoms with E-state index >= 15 is 0 Å². The Labute approximate surface area is 169 Å². The SMILES string of the molecule is CC(C)c1ccc(-c2noc(COC(=O)c3csc(-c4ccsc4)n3)n2)cc1. The molecular weight excluding hydrogens is 394 g/mol. The van der Waals surface area contributed by atoms with Gasteiger partial charge in [0, 0.05) is 21.9 Å². The van der Waals surface area contributed by atoms with Crippen LogP contribution in [-0.2, 0) is 11.3 Å². The van der Waals surface area contributed by atoms with Crippen molar-refractivity contribution in [2.75, 3.05) is 0 Å². The van der Waals surface area contributed by atoms with Crippen molar-refractivity contribution in [2.24, 2.45) is 0 Å². The molecule has 0 radical (unpaired) electrons. The average molecular weight is 412 g/mol. The number of carbonyl (C=O) groups excluding carboxylic acids is 1. The Kier molecular flexibility index (Phi) is 5.31. The van der Waals surface area contributed by atoms with Gasteiger partial charge in [0.05, 0.1) is 0 Å². The molecule has 0 saturated heterocycles. The molecule has 4 aromatic rings. The molecule has 0 amide bonds. The zero-order valence-corrected chi connectivity index (χ0v) is 16.9. The van der Waals surface area contributed by atoms with E-state index in [2.05, 4.69) is 29.0 Å². The first-order valence-corrected chi connectivity index (χ1v) is 10.5. The van der Waals surface area contributed by atoms with Crippen LogP contribution in [0, 0.1) is 0 Å². The van der Waals surface area contributed by atoms with Crippen molar-refractivity contribution < 1.29 is 14.1 Å². The van der Waals surface area contributed by atoms with Gasteiger partial charge in [-0.15, -0.1) is 11.3 Å². The van der Waals surface area contributed by atoms with Crippen LogP contribution in [0.1, 0.15) is 41.7 Å². The highest BCUT2D eigenvalue weighted by atomic mass is 32.1. The number of aromatic nitrogens is 3. The number of hydrogen-bond acceptors (Lipinski definition) is 8. The lowest BCUT2D eigenvalue weighted by molar-refractivity contribution is 0.0424. The second kappa shape index (κ2) is 8.04. The van der Waals surface area contributed by atoms with Gasteiger partial charge in [0.25, 0.3) is 5.89 Å². The van der Waals surface area contributed by atoms with E-state index in [9.17, 15) is 4.79 Å². The third-order valence-corrected chi connectivity index (χ3v) is 5.69. The van der Waals surface area contributed by atoms with Gasteiger partial charge in [-0.05, 0) is 22.9 Å². The van der Waals surface area contributed by atoms with Crippen LogP contribution in [0.2, 0.25) is 0 Å². The minimum Gasteiger partial charge on any atom is -0.451 e. The Morgan fingerprint density at radius 1 is 1.11 bits per heavy atom. The van der Waals surface area contributed by atoms with Crippen molar-refractivity contribution in [3.05, 3.63) is 63.6 Å². The van der Waals surface area contributed by atoms with E-state index < -0.39 is 5.97 Å². The third-order valence-electron chi connectivity index (χ3n) is 4.11. The first-order chi connectivity index (χ1) is 13.6. The fourth-order valence-electron chi connectivity index (χ4n) is 2.54. The van der Waals surface area contributed by atoms with Crippen LogP contribution in [0.5, 0.6) is 0 Å². The summed E-state index contributed by atoms with van der Waals surface area (Å²) in [5.41, 5.74) is 3.37. The number of carbonyl (C=O) groups is 1. The van der Waals surface area contributed by atoms with E-state index in [0.717, 1.165) is 16.1 Å². The Bertz CT molecular complexity index is 1070. The molecule has 142 valence electrons. The summed E-state index contributed by atoms with van der Waals surface area (Å²) in [6.45, 7) is 4.18. The standard InChI is InChI=1S/C20H17N3O3S2/c1-12(2)13-3-5-14(6-4-13)18-22-17(26-23-18)9-25-20(24)16-11-28-19(21-16)15-7-8-27-10-15/h3-8,10-12H,9H2,1-2H3. The van der Waals surface area contributed by atoms with Crippen molar-refractivity contribution in [3.63, 3.8) is 0 Å². The Morgan fingerprint density at radius 2 is 1.93 bits per heavy atom. The van der Waals surface area contributed by atoms with E-state index in [-0.39, 0.29) is 18.2 Å². The lowest BCUT2D eigenvalue weighted by atomic mass is 10.0. The number of rotatable bonds is 6. The molecule has 1 aromatic carbocycles. The number of thiophene rings is 1. The molecular formula is C20H17N3O3S2. The molecule has 0 aliphatic carbocycles. The third kappa shape index (κ3) is 4.02. The molecule has 0 saturated carbocycles. The van der Waals surface area contributed by atoms with E-state index in [1.54, 1.807) is 16.7 Å². The van der Waals surface area contributed by atoms with Crippen LogP contribution in [0.4, 0.5) is 0 Å². The van der Waals surface area contributed by atoms with E-state index in [4.69, 9.17) is 9.26 Å². The van der Waals surface area contributed by atoms with Gasteiger partial charge in [-0.2, -0.15) is 16.3 Å². The lowest BCUT2D eigenvalue weighted by Crippen LogP contribution is -2.05. The highest BCUT2D eigenvalue weighted by Gasteiger charge is 2.16. The molecule has 3 heterocycles. The summed E-state index contributed by atoms with van der Waals surface area (Å²) in [6.07, 6.45) is 0. The van der Waals surface area contributed by atoms with Gasteiger partial charge >= 0.3 is 5.97 Å². The van der Waals surface area contributed by atoms with Gasteiger partial charge < -0.3 is 9.26 Å². The highest BCUT2D eigenvalue weighted by molar-refractivity contribution is 7.14. The summed E-state index contributed by atoms with van der Waals surface area (Å²) in [5.74, 6) is 0.651. The van der Waals surface area contributed by atoms with E-state index in [1.165, 1.54) is 16.9 Å². The fraction of sp³-hybridized carbons (Fsp3) is 0.200. The summed E-state index contributed by atoms with van der Waals surface area (Å²) in [5, 5.41) is 10.4. The first-order valence-electron chi connectivity index (χ1n) is 8.68. The van der Waals surface area contributed by atoms with Gasteiger partial charge in [-0.25, -0.2) is 9.78 Å². The maximum absolute atomic E-state index is 12.2. The zero-order chi connectivity index (χ0) is 19.5. The molecule has 0 fully saturated rings. The number of hydrogen-bond donors (Lipinski definition) is 0. The molecule has 0 aliphatic heterocycles. The van der Waals surface area contributed by atoms with Crippen LogP contribution in [0.15, 0.2) is 51.0 Å². The van der Waals surface area contributed by atoms with Crippen LogP contribution in [0.25, 0.3) is 22.0 Å². The normalized spacial score (nSPS) is 11.1. The minimum atomic E-state index is -0.515. The summed E-state index contributed by atoms with van der Waals surface area (Å²) >= 11 is 2.99. The minimum absolute atomic E-state index is 0.0960. The van der Waals surface area contributed by atoms with Crippen molar-refractivity contribution in [2.45, 2.75) is 26.4 Å². The molecule has 3 aromatic heterocycles.